The molecule has 128 valence electrons. The summed E-state index contributed by atoms with van der Waals surface area (Å²) in [5.41, 5.74) is 4.78. The van der Waals surface area contributed by atoms with E-state index in [9.17, 15) is 9.90 Å². The third kappa shape index (κ3) is 3.00. The van der Waals surface area contributed by atoms with Crippen LogP contribution in [0.1, 0.15) is 40.0 Å². The first-order valence-corrected chi connectivity index (χ1v) is 8.80. The fourth-order valence-corrected chi connectivity index (χ4v) is 3.79. The molecule has 1 aliphatic carbocycles. The van der Waals surface area contributed by atoms with Gasteiger partial charge in [-0.25, -0.2) is 4.79 Å². The van der Waals surface area contributed by atoms with Crippen LogP contribution in [0, 0.1) is 0 Å². The molecule has 1 aliphatic rings. The van der Waals surface area contributed by atoms with Crippen LogP contribution in [0.15, 0.2) is 42.5 Å². The fourth-order valence-electron chi connectivity index (χ4n) is 3.79. The van der Waals surface area contributed by atoms with Gasteiger partial charge in [-0.2, -0.15) is 0 Å². The van der Waals surface area contributed by atoms with Gasteiger partial charge in [0.05, 0.1) is 6.61 Å². The van der Waals surface area contributed by atoms with E-state index in [0.29, 0.717) is 18.7 Å². The molecule has 0 spiro atoms. The second kappa shape index (κ2) is 6.63. The number of aryl methyl sites for hydroxylation is 2. The predicted octanol–water partition coefficient (Wildman–Crippen LogP) is 4.37. The molecular weight excluding hydrogens is 314 g/mol. The monoisotopic (exact) mass is 335 g/mol. The van der Waals surface area contributed by atoms with Crippen LogP contribution < -0.4 is 4.74 Å². The van der Waals surface area contributed by atoms with E-state index in [1.54, 1.807) is 0 Å². The molecule has 1 aromatic heterocycles. The molecule has 0 amide bonds. The molecule has 2 aromatic carbocycles. The number of aromatic carboxylic acids is 1. The number of aromatic amines is 1. The van der Waals surface area contributed by atoms with E-state index >= 15 is 0 Å². The highest BCUT2D eigenvalue weighted by Crippen LogP contribution is 2.30. The van der Waals surface area contributed by atoms with Crippen molar-refractivity contribution in [3.8, 4) is 5.75 Å². The lowest BCUT2D eigenvalue weighted by Gasteiger charge is -2.11. The molecular formula is C21H21NO3. The zero-order valence-electron chi connectivity index (χ0n) is 14.0. The second-order valence-electron chi connectivity index (χ2n) is 6.53. The SMILES string of the molecule is O=C(O)c1[nH]c2ccccc2c1CCCOc1cccc2c1CCC2. The summed E-state index contributed by atoms with van der Waals surface area (Å²) in [5, 5.41) is 10.4. The summed E-state index contributed by atoms with van der Waals surface area (Å²) in [7, 11) is 0. The summed E-state index contributed by atoms with van der Waals surface area (Å²) in [6, 6.07) is 14.0. The Balaban J connectivity index is 1.46. The van der Waals surface area contributed by atoms with E-state index < -0.39 is 5.97 Å². The van der Waals surface area contributed by atoms with E-state index in [-0.39, 0.29) is 0 Å². The molecule has 4 nitrogen and oxygen atoms in total. The van der Waals surface area contributed by atoms with Gasteiger partial charge in [0.25, 0.3) is 0 Å². The minimum absolute atomic E-state index is 0.293. The molecule has 0 bridgehead atoms. The molecule has 0 saturated heterocycles. The van der Waals surface area contributed by atoms with Gasteiger partial charge in [0.1, 0.15) is 11.4 Å². The number of carbonyl (C=O) groups is 1. The van der Waals surface area contributed by atoms with E-state index in [2.05, 4.69) is 17.1 Å². The van der Waals surface area contributed by atoms with Gasteiger partial charge in [-0.15, -0.1) is 0 Å². The maximum Gasteiger partial charge on any atom is 0.352 e. The van der Waals surface area contributed by atoms with E-state index in [0.717, 1.165) is 41.5 Å². The number of para-hydroxylation sites is 1. The van der Waals surface area contributed by atoms with Gasteiger partial charge < -0.3 is 14.8 Å². The standard InChI is InChI=1S/C21H21NO3/c23-21(24)20-17(16-8-1-2-11-18(16)22-20)10-5-13-25-19-12-4-7-14-6-3-9-15(14)19/h1-2,4,7-8,11-12,22H,3,5-6,9-10,13H2,(H,23,24). The summed E-state index contributed by atoms with van der Waals surface area (Å²) < 4.78 is 6.00. The summed E-state index contributed by atoms with van der Waals surface area (Å²) in [6.07, 6.45) is 4.90. The van der Waals surface area contributed by atoms with Crippen molar-refractivity contribution in [1.29, 1.82) is 0 Å². The van der Waals surface area contributed by atoms with Gasteiger partial charge in [-0.1, -0.05) is 30.3 Å². The fraction of sp³-hybridized carbons (Fsp3) is 0.286. The average Bonchev–Trinajstić information content (AvgIpc) is 3.24. The Kier molecular flexibility index (Phi) is 4.18. The van der Waals surface area contributed by atoms with Gasteiger partial charge in [0, 0.05) is 10.9 Å². The molecule has 25 heavy (non-hydrogen) atoms. The highest BCUT2D eigenvalue weighted by atomic mass is 16.5. The van der Waals surface area contributed by atoms with Gasteiger partial charge >= 0.3 is 5.97 Å². The van der Waals surface area contributed by atoms with Gasteiger partial charge in [-0.3, -0.25) is 0 Å². The number of hydrogen-bond acceptors (Lipinski definition) is 2. The van der Waals surface area contributed by atoms with Crippen LogP contribution in [0.3, 0.4) is 0 Å². The molecule has 2 N–H and O–H groups in total. The van der Waals surface area contributed by atoms with Crippen LogP contribution in [0.5, 0.6) is 5.75 Å². The molecule has 0 atom stereocenters. The highest BCUT2D eigenvalue weighted by molar-refractivity contribution is 5.97. The zero-order valence-corrected chi connectivity index (χ0v) is 14.0. The first kappa shape index (κ1) is 15.8. The Morgan fingerprint density at radius 3 is 2.88 bits per heavy atom. The topological polar surface area (TPSA) is 62.3 Å². The molecule has 4 rings (SSSR count). The summed E-state index contributed by atoms with van der Waals surface area (Å²) in [6.45, 7) is 0.592. The van der Waals surface area contributed by atoms with Crippen molar-refractivity contribution in [2.75, 3.05) is 6.61 Å². The maximum absolute atomic E-state index is 11.5. The molecule has 4 heteroatoms. The van der Waals surface area contributed by atoms with Crippen molar-refractivity contribution in [3.05, 3.63) is 64.8 Å². The number of rotatable bonds is 6. The first-order valence-electron chi connectivity index (χ1n) is 8.80. The molecule has 0 aliphatic heterocycles. The van der Waals surface area contributed by atoms with Crippen LogP contribution in [0.4, 0.5) is 0 Å². The van der Waals surface area contributed by atoms with Crippen molar-refractivity contribution < 1.29 is 14.6 Å². The largest absolute Gasteiger partial charge is 0.493 e. The smallest absolute Gasteiger partial charge is 0.352 e. The van der Waals surface area contributed by atoms with Crippen LogP contribution in [-0.4, -0.2) is 22.7 Å². The van der Waals surface area contributed by atoms with Gasteiger partial charge in [0.15, 0.2) is 0 Å². The van der Waals surface area contributed by atoms with Crippen LogP contribution in [-0.2, 0) is 19.3 Å². The lowest BCUT2D eigenvalue weighted by Crippen LogP contribution is -2.05. The number of H-pyrrole nitrogens is 1. The number of fused-ring (bicyclic) bond motifs is 2. The summed E-state index contributed by atoms with van der Waals surface area (Å²) in [4.78, 5) is 14.5. The summed E-state index contributed by atoms with van der Waals surface area (Å²) in [5.74, 6) is 0.0837. The van der Waals surface area contributed by atoms with Crippen LogP contribution >= 0.6 is 0 Å². The second-order valence-corrected chi connectivity index (χ2v) is 6.53. The average molecular weight is 335 g/mol. The van der Waals surface area contributed by atoms with Crippen molar-refractivity contribution in [1.82, 2.24) is 4.98 Å². The quantitative estimate of drug-likeness (QED) is 0.658. The van der Waals surface area contributed by atoms with Gasteiger partial charge in [0.2, 0.25) is 0 Å². The Bertz CT molecular complexity index is 926. The van der Waals surface area contributed by atoms with E-state index in [4.69, 9.17) is 4.74 Å². The number of aromatic nitrogens is 1. The Morgan fingerprint density at radius 1 is 1.12 bits per heavy atom. The molecule has 0 radical (unpaired) electrons. The third-order valence-electron chi connectivity index (χ3n) is 4.96. The Hall–Kier alpha value is -2.75. The minimum atomic E-state index is -0.909. The number of carboxylic acids is 1. The van der Waals surface area contributed by atoms with E-state index in [1.165, 1.54) is 17.5 Å². The molecule has 3 aromatic rings. The zero-order chi connectivity index (χ0) is 17.2. The normalized spacial score (nSPS) is 13.1. The van der Waals surface area contributed by atoms with Crippen molar-refractivity contribution in [3.63, 3.8) is 0 Å². The van der Waals surface area contributed by atoms with Crippen LogP contribution in [0.25, 0.3) is 10.9 Å². The third-order valence-corrected chi connectivity index (χ3v) is 4.96. The lowest BCUT2D eigenvalue weighted by atomic mass is 10.1. The minimum Gasteiger partial charge on any atom is -0.493 e. The van der Waals surface area contributed by atoms with Gasteiger partial charge in [-0.05, 0) is 60.9 Å². The predicted molar refractivity (Wildman–Crippen MR) is 97.5 cm³/mol. The van der Waals surface area contributed by atoms with Crippen LogP contribution in [0.2, 0.25) is 0 Å². The molecule has 0 saturated carbocycles. The maximum atomic E-state index is 11.5. The highest BCUT2D eigenvalue weighted by Gasteiger charge is 2.17. The number of nitrogens with one attached hydrogen (secondary N) is 1. The lowest BCUT2D eigenvalue weighted by molar-refractivity contribution is 0.0690. The van der Waals surface area contributed by atoms with Crippen molar-refractivity contribution in [2.45, 2.75) is 32.1 Å². The molecule has 1 heterocycles. The van der Waals surface area contributed by atoms with Crippen molar-refractivity contribution >= 4 is 16.9 Å². The summed E-state index contributed by atoms with van der Waals surface area (Å²) >= 11 is 0. The Labute approximate surface area is 146 Å². The number of hydrogen-bond donors (Lipinski definition) is 2. The number of benzene rings is 2. The Morgan fingerprint density at radius 2 is 2.00 bits per heavy atom. The first-order chi connectivity index (χ1) is 12.2. The van der Waals surface area contributed by atoms with Crippen molar-refractivity contribution in [2.24, 2.45) is 0 Å². The van der Waals surface area contributed by atoms with E-state index in [1.807, 2.05) is 30.3 Å². The molecule has 0 fully saturated rings. The number of carboxylic acid groups (broad SMARTS) is 1. The number of ether oxygens (including phenoxy) is 1. The molecule has 0 unspecified atom stereocenters.